The molecule has 1 aromatic heterocycles. The molecule has 0 bridgehead atoms. The molecule has 4 rings (SSSR count). The third-order valence-electron chi connectivity index (χ3n) is 6.32. The van der Waals surface area contributed by atoms with Crippen LogP contribution in [0.4, 0.5) is 0 Å². The number of rotatable bonds is 6. The van der Waals surface area contributed by atoms with Crippen LogP contribution in [0.2, 0.25) is 0 Å². The SMILES string of the molecule is COC[C@@H]1CC2(CCN(CC3CC3)CC2)CN1Cc1cccnc1. The molecule has 2 saturated heterocycles. The lowest BCUT2D eigenvalue weighted by molar-refractivity contribution is 0.103. The van der Waals surface area contributed by atoms with E-state index in [1.165, 1.54) is 63.8 Å². The molecule has 1 aliphatic carbocycles. The van der Waals surface area contributed by atoms with E-state index in [1.54, 1.807) is 0 Å². The van der Waals surface area contributed by atoms with Gasteiger partial charge in [-0.05, 0) is 68.2 Å². The predicted octanol–water partition coefficient (Wildman–Crippen LogP) is 2.79. The summed E-state index contributed by atoms with van der Waals surface area (Å²) in [5.41, 5.74) is 1.84. The summed E-state index contributed by atoms with van der Waals surface area (Å²) in [6.45, 7) is 7.06. The van der Waals surface area contributed by atoms with Crippen molar-refractivity contribution < 1.29 is 4.74 Å². The van der Waals surface area contributed by atoms with Gasteiger partial charge >= 0.3 is 0 Å². The standard InChI is InChI=1S/C20H31N3O/c1-24-15-19-11-20(6-9-22(10-7-20)13-17-4-5-17)16-23(19)14-18-3-2-8-21-12-18/h2-3,8,12,17,19H,4-7,9-11,13-16H2,1H3/t19-/m0/s1. The number of pyridine rings is 1. The first-order chi connectivity index (χ1) is 11.8. The van der Waals surface area contributed by atoms with Gasteiger partial charge in [0.2, 0.25) is 0 Å². The molecule has 2 aliphatic heterocycles. The summed E-state index contributed by atoms with van der Waals surface area (Å²) in [6.07, 6.45) is 10.8. The highest BCUT2D eigenvalue weighted by atomic mass is 16.5. The fourth-order valence-corrected chi connectivity index (χ4v) is 4.76. The predicted molar refractivity (Wildman–Crippen MR) is 95.8 cm³/mol. The lowest BCUT2D eigenvalue weighted by Crippen LogP contribution is -2.42. The number of nitrogens with zero attached hydrogens (tertiary/aromatic N) is 3. The fourth-order valence-electron chi connectivity index (χ4n) is 4.76. The molecule has 0 radical (unpaired) electrons. The van der Waals surface area contributed by atoms with Gasteiger partial charge in [-0.3, -0.25) is 9.88 Å². The number of likely N-dealkylation sites (tertiary alicyclic amines) is 2. The van der Waals surface area contributed by atoms with Crippen LogP contribution >= 0.6 is 0 Å². The van der Waals surface area contributed by atoms with E-state index in [0.717, 1.165) is 19.1 Å². The first-order valence-corrected chi connectivity index (χ1v) is 9.61. The van der Waals surface area contributed by atoms with Crippen molar-refractivity contribution in [1.29, 1.82) is 0 Å². The second-order valence-electron chi connectivity index (χ2n) is 8.32. The minimum absolute atomic E-state index is 0.519. The average Bonchev–Trinajstić information content (AvgIpc) is 3.36. The molecule has 1 saturated carbocycles. The van der Waals surface area contributed by atoms with Gasteiger partial charge in [0.25, 0.3) is 0 Å². The zero-order chi connectivity index (χ0) is 16.4. The zero-order valence-corrected chi connectivity index (χ0v) is 15.0. The van der Waals surface area contributed by atoms with Gasteiger partial charge in [-0.2, -0.15) is 0 Å². The van der Waals surface area contributed by atoms with Crippen LogP contribution in [-0.4, -0.2) is 60.7 Å². The number of hydrogen-bond donors (Lipinski definition) is 0. The minimum Gasteiger partial charge on any atom is -0.383 e. The molecule has 1 aromatic rings. The summed E-state index contributed by atoms with van der Waals surface area (Å²) in [4.78, 5) is 9.65. The smallest absolute Gasteiger partial charge is 0.0618 e. The molecule has 0 aromatic carbocycles. The molecule has 3 fully saturated rings. The van der Waals surface area contributed by atoms with E-state index < -0.39 is 0 Å². The molecule has 0 amide bonds. The Bertz CT molecular complexity index is 523. The van der Waals surface area contributed by atoms with E-state index in [9.17, 15) is 0 Å². The van der Waals surface area contributed by atoms with Crippen LogP contribution in [0.1, 0.15) is 37.7 Å². The Morgan fingerprint density at radius 2 is 2.12 bits per heavy atom. The van der Waals surface area contributed by atoms with Crippen molar-refractivity contribution >= 4 is 0 Å². The van der Waals surface area contributed by atoms with Crippen LogP contribution in [0, 0.1) is 11.3 Å². The Labute approximate surface area is 146 Å². The molecule has 4 nitrogen and oxygen atoms in total. The van der Waals surface area contributed by atoms with Crippen molar-refractivity contribution in [3.05, 3.63) is 30.1 Å². The number of piperidine rings is 1. The maximum atomic E-state index is 5.54. The minimum atomic E-state index is 0.519. The van der Waals surface area contributed by atoms with Crippen molar-refractivity contribution in [3.63, 3.8) is 0 Å². The maximum absolute atomic E-state index is 5.54. The molecular formula is C20H31N3O. The van der Waals surface area contributed by atoms with Crippen LogP contribution in [0.5, 0.6) is 0 Å². The molecule has 132 valence electrons. The highest BCUT2D eigenvalue weighted by Crippen LogP contribution is 2.44. The quantitative estimate of drug-likeness (QED) is 0.802. The molecule has 24 heavy (non-hydrogen) atoms. The molecule has 3 aliphatic rings. The summed E-state index contributed by atoms with van der Waals surface area (Å²) in [6, 6.07) is 4.80. The Kier molecular flexibility index (Phi) is 4.88. The van der Waals surface area contributed by atoms with E-state index in [-0.39, 0.29) is 0 Å². The Balaban J connectivity index is 1.38. The Hall–Kier alpha value is -0.970. The summed E-state index contributed by atoms with van der Waals surface area (Å²) < 4.78 is 5.54. The molecule has 0 unspecified atom stereocenters. The highest BCUT2D eigenvalue weighted by molar-refractivity contribution is 5.10. The van der Waals surface area contributed by atoms with E-state index >= 15 is 0 Å². The zero-order valence-electron chi connectivity index (χ0n) is 15.0. The van der Waals surface area contributed by atoms with E-state index in [1.807, 2.05) is 25.6 Å². The molecular weight excluding hydrogens is 298 g/mol. The second-order valence-corrected chi connectivity index (χ2v) is 8.32. The van der Waals surface area contributed by atoms with Crippen LogP contribution in [-0.2, 0) is 11.3 Å². The summed E-state index contributed by atoms with van der Waals surface area (Å²) in [5, 5.41) is 0. The van der Waals surface area contributed by atoms with Gasteiger partial charge in [0.1, 0.15) is 0 Å². The first kappa shape index (κ1) is 16.5. The van der Waals surface area contributed by atoms with Crippen molar-refractivity contribution in [2.75, 3.05) is 39.9 Å². The molecule has 4 heteroatoms. The van der Waals surface area contributed by atoms with Gasteiger partial charge in [0.05, 0.1) is 6.61 Å². The summed E-state index contributed by atoms with van der Waals surface area (Å²) in [7, 11) is 1.84. The molecule has 1 spiro atoms. The van der Waals surface area contributed by atoms with E-state index in [4.69, 9.17) is 4.74 Å². The number of aromatic nitrogens is 1. The Morgan fingerprint density at radius 1 is 1.29 bits per heavy atom. The number of hydrogen-bond acceptors (Lipinski definition) is 4. The second kappa shape index (κ2) is 7.11. The van der Waals surface area contributed by atoms with Gasteiger partial charge in [-0.15, -0.1) is 0 Å². The van der Waals surface area contributed by atoms with Gasteiger partial charge in [0, 0.05) is 45.2 Å². The molecule has 3 heterocycles. The fraction of sp³-hybridized carbons (Fsp3) is 0.750. The lowest BCUT2D eigenvalue weighted by atomic mass is 9.76. The van der Waals surface area contributed by atoms with Crippen LogP contribution < -0.4 is 0 Å². The normalized spacial score (nSPS) is 27.8. The number of ether oxygens (including phenoxy) is 1. The van der Waals surface area contributed by atoms with Gasteiger partial charge in [-0.25, -0.2) is 0 Å². The van der Waals surface area contributed by atoms with Gasteiger partial charge < -0.3 is 9.64 Å². The largest absolute Gasteiger partial charge is 0.383 e. The number of methoxy groups -OCH3 is 1. The Morgan fingerprint density at radius 3 is 2.79 bits per heavy atom. The first-order valence-electron chi connectivity index (χ1n) is 9.61. The maximum Gasteiger partial charge on any atom is 0.0618 e. The van der Waals surface area contributed by atoms with Crippen LogP contribution in [0.3, 0.4) is 0 Å². The van der Waals surface area contributed by atoms with E-state index in [2.05, 4.69) is 20.9 Å². The average molecular weight is 329 g/mol. The van der Waals surface area contributed by atoms with Crippen LogP contribution in [0.25, 0.3) is 0 Å². The monoisotopic (exact) mass is 329 g/mol. The molecule has 1 atom stereocenters. The third kappa shape index (κ3) is 3.81. The molecule has 0 N–H and O–H groups in total. The van der Waals surface area contributed by atoms with Crippen molar-refractivity contribution in [3.8, 4) is 0 Å². The topological polar surface area (TPSA) is 28.6 Å². The highest BCUT2D eigenvalue weighted by Gasteiger charge is 2.45. The van der Waals surface area contributed by atoms with Crippen molar-refractivity contribution in [2.45, 2.75) is 44.7 Å². The van der Waals surface area contributed by atoms with E-state index in [0.29, 0.717) is 11.5 Å². The van der Waals surface area contributed by atoms with Crippen molar-refractivity contribution in [1.82, 2.24) is 14.8 Å². The van der Waals surface area contributed by atoms with Crippen LogP contribution in [0.15, 0.2) is 24.5 Å². The third-order valence-corrected chi connectivity index (χ3v) is 6.32. The van der Waals surface area contributed by atoms with Gasteiger partial charge in [-0.1, -0.05) is 6.07 Å². The summed E-state index contributed by atoms with van der Waals surface area (Å²) in [5.74, 6) is 1.02. The van der Waals surface area contributed by atoms with Gasteiger partial charge in [0.15, 0.2) is 0 Å². The summed E-state index contributed by atoms with van der Waals surface area (Å²) >= 11 is 0. The lowest BCUT2D eigenvalue weighted by Gasteiger charge is -2.39. The van der Waals surface area contributed by atoms with Crippen molar-refractivity contribution in [2.24, 2.45) is 11.3 Å².